The minimum absolute atomic E-state index is 0.00492. The van der Waals surface area contributed by atoms with Crippen LogP contribution in [-0.2, 0) is 0 Å². The first-order valence-corrected chi connectivity index (χ1v) is 7.60. The molecule has 1 unspecified atom stereocenters. The normalized spacial score (nSPS) is 12.4. The fourth-order valence-electron chi connectivity index (χ4n) is 2.25. The van der Waals surface area contributed by atoms with Crippen molar-refractivity contribution in [2.45, 2.75) is 39.7 Å². The van der Waals surface area contributed by atoms with Gasteiger partial charge in [0.15, 0.2) is 0 Å². The Morgan fingerprint density at radius 2 is 1.67 bits per heavy atom. The van der Waals surface area contributed by atoms with Gasteiger partial charge in [0.2, 0.25) is 0 Å². The zero-order chi connectivity index (χ0) is 15.2. The molecule has 0 aliphatic heterocycles. The topological polar surface area (TPSA) is 34.0 Å². The van der Waals surface area contributed by atoms with Crippen LogP contribution in [0.5, 0.6) is 0 Å². The van der Waals surface area contributed by atoms with E-state index in [1.54, 1.807) is 0 Å². The van der Waals surface area contributed by atoms with Gasteiger partial charge < -0.3 is 9.88 Å². The number of hydrogen-bond acceptors (Lipinski definition) is 1. The van der Waals surface area contributed by atoms with E-state index in [-0.39, 0.29) is 11.9 Å². The molecule has 0 saturated carbocycles. The van der Waals surface area contributed by atoms with Crippen molar-refractivity contribution >= 4 is 5.91 Å². The van der Waals surface area contributed by atoms with E-state index in [1.165, 1.54) is 0 Å². The molecule has 1 amide bonds. The highest BCUT2D eigenvalue weighted by molar-refractivity contribution is 5.94. The van der Waals surface area contributed by atoms with Gasteiger partial charge in [-0.05, 0) is 62.1 Å². The highest BCUT2D eigenvalue weighted by atomic mass is 16.1. The van der Waals surface area contributed by atoms with Crippen LogP contribution in [0.1, 0.15) is 44.0 Å². The average molecular weight is 284 g/mol. The Bertz CT molecular complexity index is 555. The molecule has 0 bridgehead atoms. The van der Waals surface area contributed by atoms with Crippen molar-refractivity contribution in [1.82, 2.24) is 9.88 Å². The summed E-state index contributed by atoms with van der Waals surface area (Å²) in [4.78, 5) is 12.2. The van der Waals surface area contributed by atoms with Gasteiger partial charge in [-0.15, -0.1) is 0 Å². The Morgan fingerprint density at radius 1 is 1.05 bits per heavy atom. The number of carbonyl (C=O) groups is 1. The quantitative estimate of drug-likeness (QED) is 0.853. The molecule has 0 fully saturated rings. The van der Waals surface area contributed by atoms with Gasteiger partial charge in [-0.2, -0.15) is 0 Å². The van der Waals surface area contributed by atoms with E-state index in [0.29, 0.717) is 11.5 Å². The average Bonchev–Trinajstić information content (AvgIpc) is 2.99. The fourth-order valence-corrected chi connectivity index (χ4v) is 2.25. The van der Waals surface area contributed by atoms with Crippen molar-refractivity contribution in [2.24, 2.45) is 5.92 Å². The Kier molecular flexibility index (Phi) is 5.20. The molecule has 3 heteroatoms. The summed E-state index contributed by atoms with van der Waals surface area (Å²) in [5.41, 5.74) is 1.77. The van der Waals surface area contributed by atoms with E-state index in [4.69, 9.17) is 0 Å². The number of nitrogens with zero attached hydrogens (tertiary/aromatic N) is 1. The predicted molar refractivity (Wildman–Crippen MR) is 86.8 cm³/mol. The first kappa shape index (κ1) is 15.4. The second kappa shape index (κ2) is 7.11. The molecule has 1 heterocycles. The lowest BCUT2D eigenvalue weighted by Crippen LogP contribution is -2.32. The third-order valence-electron chi connectivity index (χ3n) is 3.59. The number of benzene rings is 1. The Labute approximate surface area is 127 Å². The second-order valence-corrected chi connectivity index (χ2v) is 5.98. The Hall–Kier alpha value is -2.03. The van der Waals surface area contributed by atoms with Crippen LogP contribution >= 0.6 is 0 Å². The van der Waals surface area contributed by atoms with E-state index < -0.39 is 0 Å². The molecule has 3 nitrogen and oxygen atoms in total. The molecule has 2 aromatic rings. The lowest BCUT2D eigenvalue weighted by Gasteiger charge is -2.15. The number of carbonyl (C=O) groups excluding carboxylic acids is 1. The van der Waals surface area contributed by atoms with Crippen molar-refractivity contribution in [3.8, 4) is 5.69 Å². The maximum Gasteiger partial charge on any atom is 0.251 e. The molecule has 0 aliphatic carbocycles. The molecule has 21 heavy (non-hydrogen) atoms. The largest absolute Gasteiger partial charge is 0.350 e. The maximum absolute atomic E-state index is 12.2. The zero-order valence-electron chi connectivity index (χ0n) is 13.0. The van der Waals surface area contributed by atoms with Crippen molar-refractivity contribution in [1.29, 1.82) is 0 Å². The molecular formula is C18H24N2O. The first-order chi connectivity index (χ1) is 10.1. The highest BCUT2D eigenvalue weighted by Gasteiger charge is 2.10. The highest BCUT2D eigenvalue weighted by Crippen LogP contribution is 2.11. The van der Waals surface area contributed by atoms with E-state index >= 15 is 0 Å². The molecule has 0 radical (unpaired) electrons. The summed E-state index contributed by atoms with van der Waals surface area (Å²) < 4.78 is 2.02. The van der Waals surface area contributed by atoms with Crippen LogP contribution in [0, 0.1) is 5.92 Å². The summed E-state index contributed by atoms with van der Waals surface area (Å²) in [5.74, 6) is 0.676. The van der Waals surface area contributed by atoms with E-state index in [0.717, 1.165) is 18.5 Å². The number of nitrogens with one attached hydrogen (secondary N) is 1. The third-order valence-corrected chi connectivity index (χ3v) is 3.59. The minimum Gasteiger partial charge on any atom is -0.350 e. The van der Waals surface area contributed by atoms with Crippen LogP contribution in [-0.4, -0.2) is 16.5 Å². The van der Waals surface area contributed by atoms with Gasteiger partial charge in [-0.1, -0.05) is 13.8 Å². The summed E-state index contributed by atoms with van der Waals surface area (Å²) >= 11 is 0. The number of hydrogen-bond donors (Lipinski definition) is 1. The van der Waals surface area contributed by atoms with Crippen molar-refractivity contribution in [3.63, 3.8) is 0 Å². The second-order valence-electron chi connectivity index (χ2n) is 5.98. The fraction of sp³-hybridized carbons (Fsp3) is 0.389. The maximum atomic E-state index is 12.2. The number of rotatable bonds is 6. The van der Waals surface area contributed by atoms with Crippen LogP contribution < -0.4 is 5.32 Å². The van der Waals surface area contributed by atoms with Crippen molar-refractivity contribution in [3.05, 3.63) is 54.4 Å². The molecule has 1 atom stereocenters. The standard InChI is InChI=1S/C18H24N2O/c1-14(2)6-7-15(3)19-18(21)16-8-10-17(11-9-16)20-12-4-5-13-20/h4-5,8-15H,6-7H2,1-3H3,(H,19,21). The summed E-state index contributed by atoms with van der Waals surface area (Å²) in [5, 5.41) is 3.06. The van der Waals surface area contributed by atoms with Gasteiger partial charge in [0.05, 0.1) is 0 Å². The zero-order valence-corrected chi connectivity index (χ0v) is 13.0. The van der Waals surface area contributed by atoms with E-state index in [2.05, 4.69) is 26.1 Å². The van der Waals surface area contributed by atoms with E-state index in [1.807, 2.05) is 53.4 Å². The smallest absolute Gasteiger partial charge is 0.251 e. The summed E-state index contributed by atoms with van der Waals surface area (Å²) in [6, 6.07) is 11.9. The molecule has 112 valence electrons. The molecule has 0 saturated heterocycles. The van der Waals surface area contributed by atoms with Crippen molar-refractivity contribution < 1.29 is 4.79 Å². The first-order valence-electron chi connectivity index (χ1n) is 7.60. The molecule has 1 N–H and O–H groups in total. The monoisotopic (exact) mass is 284 g/mol. The summed E-state index contributed by atoms with van der Waals surface area (Å²) in [6.07, 6.45) is 6.13. The van der Waals surface area contributed by atoms with Crippen LogP contribution in [0.2, 0.25) is 0 Å². The lowest BCUT2D eigenvalue weighted by molar-refractivity contribution is 0.0937. The molecule has 0 spiro atoms. The van der Waals surface area contributed by atoms with Crippen molar-refractivity contribution in [2.75, 3.05) is 0 Å². The van der Waals surface area contributed by atoms with Gasteiger partial charge in [-0.25, -0.2) is 0 Å². The van der Waals surface area contributed by atoms with Crippen LogP contribution in [0.25, 0.3) is 5.69 Å². The lowest BCUT2D eigenvalue weighted by atomic mass is 10.0. The van der Waals surface area contributed by atoms with Gasteiger partial charge in [0, 0.05) is 29.7 Å². The van der Waals surface area contributed by atoms with Gasteiger partial charge in [-0.3, -0.25) is 4.79 Å². The van der Waals surface area contributed by atoms with Crippen LogP contribution in [0.4, 0.5) is 0 Å². The Morgan fingerprint density at radius 3 is 2.24 bits per heavy atom. The van der Waals surface area contributed by atoms with Gasteiger partial charge in [0.25, 0.3) is 5.91 Å². The molecule has 2 rings (SSSR count). The minimum atomic E-state index is 0.00492. The van der Waals surface area contributed by atoms with Crippen LogP contribution in [0.15, 0.2) is 48.8 Å². The molecular weight excluding hydrogens is 260 g/mol. The predicted octanol–water partition coefficient (Wildman–Crippen LogP) is 4.03. The third kappa shape index (κ3) is 4.48. The summed E-state index contributed by atoms with van der Waals surface area (Å²) in [6.45, 7) is 6.47. The SMILES string of the molecule is CC(C)CCC(C)NC(=O)c1ccc(-n2cccc2)cc1. The number of amides is 1. The Balaban J connectivity index is 1.94. The summed E-state index contributed by atoms with van der Waals surface area (Å²) in [7, 11) is 0. The van der Waals surface area contributed by atoms with Gasteiger partial charge >= 0.3 is 0 Å². The number of aromatic nitrogens is 1. The molecule has 0 aliphatic rings. The molecule has 1 aromatic carbocycles. The van der Waals surface area contributed by atoms with Crippen LogP contribution in [0.3, 0.4) is 0 Å². The van der Waals surface area contributed by atoms with E-state index in [9.17, 15) is 4.79 Å². The van der Waals surface area contributed by atoms with Gasteiger partial charge in [0.1, 0.15) is 0 Å². The molecule has 1 aromatic heterocycles.